The summed E-state index contributed by atoms with van der Waals surface area (Å²) in [7, 11) is -2.23. The predicted octanol–water partition coefficient (Wildman–Crippen LogP) is 4.06. The van der Waals surface area contributed by atoms with Gasteiger partial charge in [0.1, 0.15) is 0 Å². The predicted molar refractivity (Wildman–Crippen MR) is 126 cm³/mol. The Morgan fingerprint density at radius 3 is 2.58 bits per heavy atom. The maximum absolute atomic E-state index is 13.0. The third-order valence-electron chi connectivity index (χ3n) is 5.06. The number of nitrogens with zero attached hydrogens (tertiary/aromatic N) is 2. The van der Waals surface area contributed by atoms with E-state index in [4.69, 9.17) is 0 Å². The van der Waals surface area contributed by atoms with Crippen molar-refractivity contribution in [2.24, 2.45) is 0 Å². The Labute approximate surface area is 186 Å². The second kappa shape index (κ2) is 9.03. The number of amides is 1. The average molecular weight is 454 g/mol. The molecule has 4 rings (SSSR count). The quantitative estimate of drug-likeness (QED) is 0.610. The van der Waals surface area contributed by atoms with Gasteiger partial charge in [0, 0.05) is 29.9 Å². The van der Waals surface area contributed by atoms with Gasteiger partial charge in [-0.2, -0.15) is 0 Å². The highest BCUT2D eigenvalue weighted by Gasteiger charge is 2.22. The molecule has 0 saturated heterocycles. The van der Waals surface area contributed by atoms with Crippen molar-refractivity contribution in [2.75, 3.05) is 40.4 Å². The minimum atomic E-state index is -3.75. The highest BCUT2D eigenvalue weighted by Crippen LogP contribution is 2.34. The molecule has 1 aliphatic rings. The summed E-state index contributed by atoms with van der Waals surface area (Å²) < 4.78 is 27.3. The molecule has 160 valence electrons. The van der Waals surface area contributed by atoms with E-state index in [1.807, 2.05) is 29.2 Å². The molecule has 0 radical (unpaired) electrons. The maximum atomic E-state index is 13.0. The summed E-state index contributed by atoms with van der Waals surface area (Å²) in [6.07, 6.45) is 0. The topological polar surface area (TPSA) is 69.7 Å². The Morgan fingerprint density at radius 1 is 1.03 bits per heavy atom. The fourth-order valence-electron chi connectivity index (χ4n) is 3.43. The zero-order valence-electron chi connectivity index (χ0n) is 17.1. The Balaban J connectivity index is 1.48. The lowest BCUT2D eigenvalue weighted by atomic mass is 10.2. The Kier molecular flexibility index (Phi) is 6.20. The van der Waals surface area contributed by atoms with Gasteiger partial charge in [0.25, 0.3) is 10.0 Å². The van der Waals surface area contributed by atoms with Crippen molar-refractivity contribution >= 4 is 44.8 Å². The van der Waals surface area contributed by atoms with E-state index in [1.165, 1.54) is 28.4 Å². The largest absolute Gasteiger partial charge is 0.360 e. The Bertz CT molecular complexity index is 1180. The summed E-state index contributed by atoms with van der Waals surface area (Å²) in [5.74, 6) is 0.733. The van der Waals surface area contributed by atoms with Gasteiger partial charge in [0.2, 0.25) is 5.91 Å². The number of benzene rings is 3. The van der Waals surface area contributed by atoms with E-state index in [9.17, 15) is 13.2 Å². The lowest BCUT2D eigenvalue weighted by Crippen LogP contribution is -2.36. The summed E-state index contributed by atoms with van der Waals surface area (Å²) in [4.78, 5) is 16.0. The number of nitrogens with one attached hydrogen (secondary N) is 1. The number of hydrogen-bond donors (Lipinski definition) is 1. The van der Waals surface area contributed by atoms with E-state index < -0.39 is 10.0 Å². The molecule has 0 atom stereocenters. The van der Waals surface area contributed by atoms with Crippen LogP contribution in [0.4, 0.5) is 17.1 Å². The second-order valence-electron chi connectivity index (χ2n) is 7.12. The van der Waals surface area contributed by atoms with Crippen LogP contribution in [0.3, 0.4) is 0 Å². The van der Waals surface area contributed by atoms with Crippen molar-refractivity contribution in [1.29, 1.82) is 0 Å². The van der Waals surface area contributed by atoms with Crippen LogP contribution in [0.1, 0.15) is 0 Å². The van der Waals surface area contributed by atoms with Gasteiger partial charge in [-0.3, -0.25) is 9.10 Å². The second-order valence-corrected chi connectivity index (χ2v) is 10.2. The molecule has 0 bridgehead atoms. The van der Waals surface area contributed by atoms with Gasteiger partial charge in [-0.1, -0.05) is 36.4 Å². The average Bonchev–Trinajstić information content (AvgIpc) is 2.79. The van der Waals surface area contributed by atoms with E-state index in [0.29, 0.717) is 11.4 Å². The van der Waals surface area contributed by atoms with Gasteiger partial charge < -0.3 is 10.2 Å². The number of carbonyl (C=O) groups is 1. The Hall–Kier alpha value is -2.97. The molecule has 8 heteroatoms. The first-order chi connectivity index (χ1) is 14.9. The number of para-hydroxylation sites is 2. The molecule has 0 spiro atoms. The molecule has 0 fully saturated rings. The van der Waals surface area contributed by atoms with E-state index in [2.05, 4.69) is 11.4 Å². The number of anilines is 3. The number of thioether (sulfide) groups is 1. The van der Waals surface area contributed by atoms with Gasteiger partial charge in [-0.25, -0.2) is 8.42 Å². The molecule has 1 N–H and O–H groups in total. The lowest BCUT2D eigenvalue weighted by molar-refractivity contribution is -0.115. The SMILES string of the molecule is CN(c1ccccc1)S(=O)(=O)c1cccc(NC(=O)CN2CCSc3ccccc32)c1. The molecular weight excluding hydrogens is 430 g/mol. The molecule has 31 heavy (non-hydrogen) atoms. The monoisotopic (exact) mass is 453 g/mol. The molecule has 0 saturated carbocycles. The first-order valence-corrected chi connectivity index (χ1v) is 12.3. The van der Waals surface area contributed by atoms with Gasteiger partial charge in [-0.15, -0.1) is 11.8 Å². The van der Waals surface area contributed by atoms with Crippen molar-refractivity contribution in [3.63, 3.8) is 0 Å². The van der Waals surface area contributed by atoms with Crippen molar-refractivity contribution in [3.8, 4) is 0 Å². The minimum Gasteiger partial charge on any atom is -0.360 e. The molecule has 1 heterocycles. The van der Waals surface area contributed by atoms with Crippen molar-refractivity contribution in [1.82, 2.24) is 0 Å². The van der Waals surface area contributed by atoms with Crippen molar-refractivity contribution in [3.05, 3.63) is 78.9 Å². The molecule has 3 aromatic carbocycles. The Morgan fingerprint density at radius 2 is 1.77 bits per heavy atom. The fourth-order valence-corrected chi connectivity index (χ4v) is 5.73. The van der Waals surface area contributed by atoms with Crippen LogP contribution in [0.5, 0.6) is 0 Å². The molecule has 0 aromatic heterocycles. The molecule has 0 aliphatic carbocycles. The van der Waals surface area contributed by atoms with Crippen LogP contribution in [-0.4, -0.2) is 40.2 Å². The number of rotatable bonds is 6. The summed E-state index contributed by atoms with van der Waals surface area (Å²) in [5, 5.41) is 2.84. The van der Waals surface area contributed by atoms with Gasteiger partial charge in [-0.05, 0) is 42.5 Å². The first kappa shape index (κ1) is 21.3. The lowest BCUT2D eigenvalue weighted by Gasteiger charge is -2.30. The third kappa shape index (κ3) is 4.70. The summed E-state index contributed by atoms with van der Waals surface area (Å²) in [6.45, 7) is 0.990. The fraction of sp³-hybridized carbons (Fsp3) is 0.174. The van der Waals surface area contributed by atoms with Crippen LogP contribution in [0.2, 0.25) is 0 Å². The van der Waals surface area contributed by atoms with E-state index in [-0.39, 0.29) is 17.3 Å². The van der Waals surface area contributed by atoms with Gasteiger partial charge >= 0.3 is 0 Å². The van der Waals surface area contributed by atoms with Crippen LogP contribution >= 0.6 is 11.8 Å². The standard InChI is InChI=1S/C23H23N3O3S2/c1-25(19-9-3-2-4-10-19)31(28,29)20-11-7-8-18(16-20)24-23(27)17-26-14-15-30-22-13-6-5-12-21(22)26/h2-13,16H,14-15,17H2,1H3,(H,24,27). The highest BCUT2D eigenvalue weighted by molar-refractivity contribution is 7.99. The normalized spacial score (nSPS) is 13.4. The van der Waals surface area contributed by atoms with Crippen LogP contribution in [-0.2, 0) is 14.8 Å². The summed E-state index contributed by atoms with van der Waals surface area (Å²) in [5.41, 5.74) is 2.07. The van der Waals surface area contributed by atoms with Crippen LogP contribution < -0.4 is 14.5 Å². The summed E-state index contributed by atoms with van der Waals surface area (Å²) >= 11 is 1.78. The molecule has 1 aliphatic heterocycles. The molecule has 6 nitrogen and oxygen atoms in total. The van der Waals surface area contributed by atoms with E-state index in [0.717, 1.165) is 18.0 Å². The maximum Gasteiger partial charge on any atom is 0.264 e. The smallest absolute Gasteiger partial charge is 0.264 e. The number of sulfonamides is 1. The molecule has 1 amide bonds. The van der Waals surface area contributed by atoms with E-state index >= 15 is 0 Å². The van der Waals surface area contributed by atoms with Crippen molar-refractivity contribution in [2.45, 2.75) is 9.79 Å². The highest BCUT2D eigenvalue weighted by atomic mass is 32.2. The zero-order valence-corrected chi connectivity index (χ0v) is 18.7. The van der Waals surface area contributed by atoms with Gasteiger partial charge in [0.05, 0.1) is 22.8 Å². The van der Waals surface area contributed by atoms with Crippen LogP contribution in [0.15, 0.2) is 88.7 Å². The minimum absolute atomic E-state index is 0.122. The molecule has 3 aromatic rings. The summed E-state index contributed by atoms with van der Waals surface area (Å²) in [6, 6.07) is 23.3. The third-order valence-corrected chi connectivity index (χ3v) is 7.88. The van der Waals surface area contributed by atoms with Crippen molar-refractivity contribution < 1.29 is 13.2 Å². The van der Waals surface area contributed by atoms with Gasteiger partial charge in [0.15, 0.2) is 0 Å². The number of fused-ring (bicyclic) bond motifs is 1. The van der Waals surface area contributed by atoms with Crippen LogP contribution in [0.25, 0.3) is 0 Å². The van der Waals surface area contributed by atoms with E-state index in [1.54, 1.807) is 48.2 Å². The first-order valence-electron chi connectivity index (χ1n) is 9.86. The molecule has 0 unspecified atom stereocenters. The molecular formula is C23H23N3O3S2. The number of carbonyl (C=O) groups excluding carboxylic acids is 1. The van der Waals surface area contributed by atoms with Crippen LogP contribution in [0, 0.1) is 0 Å². The number of hydrogen-bond acceptors (Lipinski definition) is 5. The zero-order chi connectivity index (χ0) is 21.8.